The van der Waals surface area contributed by atoms with Gasteiger partial charge in [0.15, 0.2) is 0 Å². The molecule has 144 valence electrons. The molecule has 0 spiro atoms. The number of carbonyl (C=O) groups is 1. The number of likely N-dealkylation sites (N-methyl/N-ethyl adjacent to an activating group) is 1. The van der Waals surface area contributed by atoms with E-state index in [1.54, 1.807) is 36.7 Å². The highest BCUT2D eigenvalue weighted by Crippen LogP contribution is 2.22. The molecule has 0 radical (unpaired) electrons. The summed E-state index contributed by atoms with van der Waals surface area (Å²) in [5, 5.41) is 5.71. The number of carbonyl (C=O) groups excluding carboxylic acids is 1. The lowest BCUT2D eigenvalue weighted by Gasteiger charge is -2.27. The first-order valence-electron chi connectivity index (χ1n) is 8.98. The zero-order valence-corrected chi connectivity index (χ0v) is 15.9. The minimum atomic E-state index is -0.273. The molecule has 1 heterocycles. The monoisotopic (exact) mass is 377 g/mol. The van der Waals surface area contributed by atoms with Crippen molar-refractivity contribution in [2.24, 2.45) is 0 Å². The predicted octanol–water partition coefficient (Wildman–Crippen LogP) is 3.92. The van der Waals surface area contributed by atoms with Crippen molar-refractivity contribution in [1.29, 1.82) is 0 Å². The second kappa shape index (κ2) is 9.36. The Bertz CT molecular complexity index is 890. The van der Waals surface area contributed by atoms with Crippen LogP contribution in [0, 0.1) is 0 Å². The van der Waals surface area contributed by atoms with Crippen LogP contribution in [0.4, 0.5) is 16.2 Å². The maximum absolute atomic E-state index is 12.2. The Kier molecular flexibility index (Phi) is 6.41. The number of urea groups is 1. The zero-order chi connectivity index (χ0) is 19.8. The number of rotatable bonds is 7. The summed E-state index contributed by atoms with van der Waals surface area (Å²) in [6.45, 7) is 2.57. The molecule has 0 aliphatic heterocycles. The van der Waals surface area contributed by atoms with Gasteiger partial charge in [0.1, 0.15) is 5.75 Å². The number of para-hydroxylation sites is 1. The summed E-state index contributed by atoms with van der Waals surface area (Å²) in [7, 11) is 2.01. The van der Waals surface area contributed by atoms with Crippen LogP contribution < -0.4 is 20.3 Å². The molecular weight excluding hydrogens is 354 g/mol. The molecule has 0 unspecified atom stereocenters. The number of anilines is 2. The van der Waals surface area contributed by atoms with E-state index in [4.69, 9.17) is 4.74 Å². The molecule has 2 N–H and O–H groups in total. The van der Waals surface area contributed by atoms with E-state index in [0.717, 1.165) is 5.69 Å². The first-order valence-corrected chi connectivity index (χ1v) is 8.98. The minimum absolute atomic E-state index is 0.138. The standard InChI is InChI=1S/C21H23N5O2/c1-16(26(2)18-8-4-3-5-9-18)14-24-21(27)25-17-7-6-10-19(13-17)28-20-15-22-11-12-23-20/h3-13,15-16H,14H2,1-2H3,(H2,24,25,27)/t16-/m1/s1. The van der Waals surface area contributed by atoms with E-state index >= 15 is 0 Å². The van der Waals surface area contributed by atoms with Crippen molar-refractivity contribution in [3.8, 4) is 11.6 Å². The van der Waals surface area contributed by atoms with Gasteiger partial charge >= 0.3 is 6.03 Å². The number of nitrogens with zero attached hydrogens (tertiary/aromatic N) is 3. The SMILES string of the molecule is C[C@H](CNC(=O)Nc1cccc(Oc2cnccn2)c1)N(C)c1ccccc1. The number of aromatic nitrogens is 2. The Hall–Kier alpha value is -3.61. The van der Waals surface area contributed by atoms with Crippen molar-refractivity contribution in [3.05, 3.63) is 73.2 Å². The van der Waals surface area contributed by atoms with Crippen LogP contribution in [0.3, 0.4) is 0 Å². The average Bonchev–Trinajstić information content (AvgIpc) is 2.73. The van der Waals surface area contributed by atoms with Crippen LogP contribution in [0.2, 0.25) is 0 Å². The van der Waals surface area contributed by atoms with Crippen molar-refractivity contribution in [3.63, 3.8) is 0 Å². The van der Waals surface area contributed by atoms with Gasteiger partial charge < -0.3 is 20.3 Å². The van der Waals surface area contributed by atoms with Crippen LogP contribution in [0.5, 0.6) is 11.6 Å². The van der Waals surface area contributed by atoms with E-state index in [1.807, 2.05) is 37.4 Å². The Balaban J connectivity index is 1.51. The lowest BCUT2D eigenvalue weighted by molar-refractivity contribution is 0.251. The van der Waals surface area contributed by atoms with Crippen molar-refractivity contribution < 1.29 is 9.53 Å². The fourth-order valence-corrected chi connectivity index (χ4v) is 2.57. The molecule has 0 saturated carbocycles. The Labute approximate surface area is 164 Å². The molecule has 3 aromatic rings. The Morgan fingerprint density at radius 2 is 1.96 bits per heavy atom. The lowest BCUT2D eigenvalue weighted by Crippen LogP contribution is -2.41. The van der Waals surface area contributed by atoms with E-state index in [2.05, 4.69) is 32.4 Å². The lowest BCUT2D eigenvalue weighted by atomic mass is 10.2. The summed E-state index contributed by atoms with van der Waals surface area (Å²) in [6, 6.07) is 17.0. The number of hydrogen-bond acceptors (Lipinski definition) is 5. The molecule has 7 heteroatoms. The van der Waals surface area contributed by atoms with Gasteiger partial charge in [0.25, 0.3) is 0 Å². The molecule has 1 atom stereocenters. The molecule has 2 amide bonds. The summed E-state index contributed by atoms with van der Waals surface area (Å²) < 4.78 is 5.63. The molecule has 0 saturated heterocycles. The molecule has 0 bridgehead atoms. The fraction of sp³-hybridized carbons (Fsp3) is 0.190. The number of benzene rings is 2. The van der Waals surface area contributed by atoms with E-state index in [9.17, 15) is 4.79 Å². The van der Waals surface area contributed by atoms with Gasteiger partial charge in [0.2, 0.25) is 5.88 Å². The summed E-state index contributed by atoms with van der Waals surface area (Å²) in [5.41, 5.74) is 1.73. The molecule has 7 nitrogen and oxygen atoms in total. The van der Waals surface area contributed by atoms with E-state index in [1.165, 1.54) is 6.20 Å². The number of amides is 2. The van der Waals surface area contributed by atoms with Gasteiger partial charge in [-0.05, 0) is 31.2 Å². The smallest absolute Gasteiger partial charge is 0.319 e. The third-order valence-electron chi connectivity index (χ3n) is 4.24. The molecule has 0 fully saturated rings. The summed E-state index contributed by atoms with van der Waals surface area (Å²) in [6.07, 6.45) is 4.65. The first kappa shape index (κ1) is 19.2. The molecule has 1 aromatic heterocycles. The Morgan fingerprint density at radius 1 is 1.14 bits per heavy atom. The fourth-order valence-electron chi connectivity index (χ4n) is 2.57. The summed E-state index contributed by atoms with van der Waals surface area (Å²) in [5.74, 6) is 0.956. The Morgan fingerprint density at radius 3 is 2.71 bits per heavy atom. The van der Waals surface area contributed by atoms with Crippen LogP contribution in [0.25, 0.3) is 0 Å². The van der Waals surface area contributed by atoms with Gasteiger partial charge in [-0.1, -0.05) is 24.3 Å². The first-order chi connectivity index (χ1) is 13.6. The van der Waals surface area contributed by atoms with Gasteiger partial charge in [-0.25, -0.2) is 9.78 Å². The van der Waals surface area contributed by atoms with Crippen LogP contribution >= 0.6 is 0 Å². The number of hydrogen-bond donors (Lipinski definition) is 2. The highest BCUT2D eigenvalue weighted by atomic mass is 16.5. The maximum Gasteiger partial charge on any atom is 0.319 e. The van der Waals surface area contributed by atoms with Crippen molar-refractivity contribution >= 4 is 17.4 Å². The van der Waals surface area contributed by atoms with Gasteiger partial charge in [-0.2, -0.15) is 0 Å². The third kappa shape index (κ3) is 5.44. The highest BCUT2D eigenvalue weighted by molar-refractivity contribution is 5.89. The predicted molar refractivity (Wildman–Crippen MR) is 110 cm³/mol. The molecule has 3 rings (SSSR count). The molecule has 2 aromatic carbocycles. The molecule has 0 aliphatic carbocycles. The van der Waals surface area contributed by atoms with Crippen LogP contribution in [0.1, 0.15) is 6.92 Å². The van der Waals surface area contributed by atoms with Gasteiger partial charge in [0, 0.05) is 49.5 Å². The van der Waals surface area contributed by atoms with E-state index < -0.39 is 0 Å². The highest BCUT2D eigenvalue weighted by Gasteiger charge is 2.11. The van der Waals surface area contributed by atoms with Crippen LogP contribution in [-0.2, 0) is 0 Å². The van der Waals surface area contributed by atoms with E-state index in [-0.39, 0.29) is 12.1 Å². The second-order valence-corrected chi connectivity index (χ2v) is 6.30. The maximum atomic E-state index is 12.2. The normalized spacial score (nSPS) is 11.4. The second-order valence-electron chi connectivity index (χ2n) is 6.30. The van der Waals surface area contributed by atoms with Crippen LogP contribution in [0.15, 0.2) is 73.2 Å². The van der Waals surface area contributed by atoms with Gasteiger partial charge in [-0.3, -0.25) is 4.98 Å². The molecule has 28 heavy (non-hydrogen) atoms. The topological polar surface area (TPSA) is 79.4 Å². The zero-order valence-electron chi connectivity index (χ0n) is 15.9. The van der Waals surface area contributed by atoms with Crippen LogP contribution in [-0.4, -0.2) is 35.6 Å². The van der Waals surface area contributed by atoms with Crippen molar-refractivity contribution in [1.82, 2.24) is 15.3 Å². The summed E-state index contributed by atoms with van der Waals surface area (Å²) >= 11 is 0. The van der Waals surface area contributed by atoms with Crippen molar-refractivity contribution in [2.45, 2.75) is 13.0 Å². The largest absolute Gasteiger partial charge is 0.437 e. The quantitative estimate of drug-likeness (QED) is 0.652. The third-order valence-corrected chi connectivity index (χ3v) is 4.24. The van der Waals surface area contributed by atoms with Gasteiger partial charge in [-0.15, -0.1) is 0 Å². The average molecular weight is 377 g/mol. The minimum Gasteiger partial charge on any atom is -0.437 e. The number of ether oxygens (including phenoxy) is 1. The van der Waals surface area contributed by atoms with Crippen molar-refractivity contribution in [2.75, 3.05) is 23.8 Å². The van der Waals surface area contributed by atoms with Gasteiger partial charge in [0.05, 0.1) is 6.20 Å². The summed E-state index contributed by atoms with van der Waals surface area (Å²) in [4.78, 5) is 22.4. The van der Waals surface area contributed by atoms with E-state index in [0.29, 0.717) is 23.9 Å². The molecular formula is C21H23N5O2. The molecule has 0 aliphatic rings. The number of nitrogens with one attached hydrogen (secondary N) is 2.